The van der Waals surface area contributed by atoms with Crippen LogP contribution in [0.4, 0.5) is 17.6 Å². The molecule has 1 atom stereocenters. The number of aliphatic hydroxyl groups excluding tert-OH is 3. The molecule has 1 amide bonds. The van der Waals surface area contributed by atoms with E-state index < -0.39 is 6.04 Å². The number of nitrogens with two attached hydrogens (primary N) is 1. The average Bonchev–Trinajstić information content (AvgIpc) is 3.63. The van der Waals surface area contributed by atoms with Crippen LogP contribution in [0.25, 0.3) is 11.2 Å². The number of amides is 1. The van der Waals surface area contributed by atoms with Gasteiger partial charge in [-0.05, 0) is 53.8 Å². The Hall–Kier alpha value is -4.00. The van der Waals surface area contributed by atoms with Gasteiger partial charge in [-0.2, -0.15) is 4.98 Å². The topological polar surface area (TPSA) is 167 Å². The summed E-state index contributed by atoms with van der Waals surface area (Å²) < 4.78 is 3.41. The summed E-state index contributed by atoms with van der Waals surface area (Å²) in [7, 11) is 0. The molecule has 12 nitrogen and oxygen atoms in total. The summed E-state index contributed by atoms with van der Waals surface area (Å²) in [6, 6.07) is 6.79. The van der Waals surface area contributed by atoms with Gasteiger partial charge >= 0.3 is 0 Å². The first kappa shape index (κ1) is 22.8. The van der Waals surface area contributed by atoms with Crippen LogP contribution in [0, 0.1) is 0 Å². The Morgan fingerprint density at radius 1 is 1.17 bits per heavy atom. The summed E-state index contributed by atoms with van der Waals surface area (Å²) in [6.45, 7) is -0.151. The molecule has 5 rings (SSSR count). The number of benzene rings is 1. The lowest BCUT2D eigenvalue weighted by molar-refractivity contribution is -0.119. The van der Waals surface area contributed by atoms with Crippen LogP contribution in [0.3, 0.4) is 0 Å². The summed E-state index contributed by atoms with van der Waals surface area (Å²) in [6.07, 6.45) is 6.63. The maximum atomic E-state index is 12.0. The van der Waals surface area contributed by atoms with Crippen molar-refractivity contribution in [3.8, 4) is 5.69 Å². The highest BCUT2D eigenvalue weighted by molar-refractivity contribution is 5.86. The third-order valence-corrected chi connectivity index (χ3v) is 6.26. The van der Waals surface area contributed by atoms with E-state index in [1.54, 1.807) is 39.9 Å². The minimum Gasteiger partial charge on any atom is -0.392 e. The van der Waals surface area contributed by atoms with Crippen molar-refractivity contribution in [2.45, 2.75) is 38.7 Å². The van der Waals surface area contributed by atoms with Crippen LogP contribution in [-0.2, 0) is 24.6 Å². The van der Waals surface area contributed by atoms with Crippen molar-refractivity contribution in [1.82, 2.24) is 24.1 Å². The first-order valence-electron chi connectivity index (χ1n) is 11.2. The van der Waals surface area contributed by atoms with E-state index in [0.717, 1.165) is 11.9 Å². The van der Waals surface area contributed by atoms with Gasteiger partial charge in [-0.25, -0.2) is 9.50 Å². The third kappa shape index (κ3) is 4.18. The molecular formula is C23H26N8O4. The summed E-state index contributed by atoms with van der Waals surface area (Å²) in [5, 5.41) is 36.6. The second-order valence-corrected chi connectivity index (χ2v) is 8.36. The van der Waals surface area contributed by atoms with Crippen LogP contribution in [0.5, 0.6) is 0 Å². The average molecular weight is 479 g/mol. The lowest BCUT2D eigenvalue weighted by Crippen LogP contribution is -2.41. The van der Waals surface area contributed by atoms with Crippen LogP contribution in [0.1, 0.15) is 29.5 Å². The number of aliphatic hydroxyl groups is 3. The van der Waals surface area contributed by atoms with Gasteiger partial charge in [-0.15, -0.1) is 5.10 Å². The summed E-state index contributed by atoms with van der Waals surface area (Å²) in [5.74, 6) is 1.01. The van der Waals surface area contributed by atoms with E-state index in [1.807, 2.05) is 17.0 Å². The van der Waals surface area contributed by atoms with Gasteiger partial charge in [0.05, 0.1) is 26.0 Å². The van der Waals surface area contributed by atoms with E-state index >= 15 is 0 Å². The van der Waals surface area contributed by atoms with Crippen molar-refractivity contribution in [2.24, 2.45) is 5.73 Å². The van der Waals surface area contributed by atoms with Gasteiger partial charge in [-0.1, -0.05) is 0 Å². The van der Waals surface area contributed by atoms with Crippen LogP contribution in [-0.4, -0.2) is 58.0 Å². The molecule has 0 bridgehead atoms. The molecule has 4 heterocycles. The molecule has 0 saturated carbocycles. The van der Waals surface area contributed by atoms with Gasteiger partial charge in [0.2, 0.25) is 11.9 Å². The highest BCUT2D eigenvalue weighted by atomic mass is 16.3. The monoisotopic (exact) mass is 478 g/mol. The van der Waals surface area contributed by atoms with Crippen LogP contribution in [0.2, 0.25) is 0 Å². The van der Waals surface area contributed by atoms with Gasteiger partial charge in [0.15, 0.2) is 11.6 Å². The molecule has 12 heteroatoms. The number of hydrogen-bond acceptors (Lipinski definition) is 9. The normalized spacial score (nSPS) is 15.7. The quantitative estimate of drug-likeness (QED) is 0.243. The number of primary amides is 1. The summed E-state index contributed by atoms with van der Waals surface area (Å²) in [5.41, 5.74) is 8.62. The van der Waals surface area contributed by atoms with Crippen molar-refractivity contribution in [2.75, 3.05) is 16.8 Å². The van der Waals surface area contributed by atoms with Crippen LogP contribution < -0.4 is 16.0 Å². The molecular weight excluding hydrogens is 452 g/mol. The lowest BCUT2D eigenvalue weighted by atomic mass is 10.0. The number of nitrogens with zero attached hydrogens (tertiary/aromatic N) is 6. The van der Waals surface area contributed by atoms with E-state index in [1.165, 1.54) is 0 Å². The Labute approximate surface area is 200 Å². The minimum atomic E-state index is -0.418. The van der Waals surface area contributed by atoms with Crippen molar-refractivity contribution < 1.29 is 20.1 Å². The summed E-state index contributed by atoms with van der Waals surface area (Å²) >= 11 is 0. The maximum Gasteiger partial charge on any atom is 0.248 e. The molecule has 0 spiro atoms. The predicted molar refractivity (Wildman–Crippen MR) is 127 cm³/mol. The maximum absolute atomic E-state index is 12.0. The molecule has 0 unspecified atom stereocenters. The molecule has 1 aliphatic rings. The first-order valence-corrected chi connectivity index (χ1v) is 11.2. The Kier molecular flexibility index (Phi) is 6.07. The number of carbonyl (C=O) groups is 1. The molecule has 6 N–H and O–H groups in total. The van der Waals surface area contributed by atoms with E-state index in [2.05, 4.69) is 20.4 Å². The first-order chi connectivity index (χ1) is 17.0. The molecule has 182 valence electrons. The van der Waals surface area contributed by atoms with E-state index in [4.69, 9.17) is 5.73 Å². The molecule has 1 aliphatic heterocycles. The van der Waals surface area contributed by atoms with Crippen molar-refractivity contribution >= 4 is 29.0 Å². The Balaban J connectivity index is 1.47. The summed E-state index contributed by atoms with van der Waals surface area (Å²) in [4.78, 5) is 22.9. The van der Waals surface area contributed by atoms with Crippen molar-refractivity contribution in [1.29, 1.82) is 0 Å². The van der Waals surface area contributed by atoms with Crippen molar-refractivity contribution in [3.63, 3.8) is 0 Å². The number of rotatable bonds is 8. The van der Waals surface area contributed by atoms with E-state index in [-0.39, 0.29) is 25.7 Å². The largest absolute Gasteiger partial charge is 0.392 e. The molecule has 4 aromatic rings. The molecule has 1 saturated heterocycles. The third-order valence-electron chi connectivity index (χ3n) is 6.26. The predicted octanol–water partition coefficient (Wildman–Crippen LogP) is 0.590. The Bertz CT molecular complexity index is 1360. The number of fused-ring (bicyclic) bond motifs is 1. The smallest absolute Gasteiger partial charge is 0.248 e. The molecule has 0 radical (unpaired) electrons. The van der Waals surface area contributed by atoms with Gasteiger partial charge < -0.3 is 35.8 Å². The van der Waals surface area contributed by atoms with E-state index in [9.17, 15) is 20.1 Å². The molecule has 3 aromatic heterocycles. The van der Waals surface area contributed by atoms with Crippen molar-refractivity contribution in [3.05, 3.63) is 59.7 Å². The van der Waals surface area contributed by atoms with E-state index in [0.29, 0.717) is 52.9 Å². The Morgan fingerprint density at radius 3 is 2.63 bits per heavy atom. The molecule has 0 aliphatic carbocycles. The highest BCUT2D eigenvalue weighted by Gasteiger charge is 2.31. The number of aromatic nitrogens is 5. The van der Waals surface area contributed by atoms with Gasteiger partial charge in [-0.3, -0.25) is 4.79 Å². The number of anilines is 3. The van der Waals surface area contributed by atoms with Gasteiger partial charge in [0, 0.05) is 18.4 Å². The highest BCUT2D eigenvalue weighted by Crippen LogP contribution is 2.29. The fourth-order valence-electron chi connectivity index (χ4n) is 4.56. The number of imidazole rings is 1. The number of nitrogens with one attached hydrogen (secondary N) is 1. The Morgan fingerprint density at radius 2 is 1.94 bits per heavy atom. The number of carbonyl (C=O) groups excluding carboxylic acids is 1. The second-order valence-electron chi connectivity index (χ2n) is 8.36. The fraction of sp³-hybridized carbons (Fsp3) is 0.304. The van der Waals surface area contributed by atoms with Gasteiger partial charge in [0.1, 0.15) is 17.9 Å². The van der Waals surface area contributed by atoms with Crippen LogP contribution >= 0.6 is 0 Å². The van der Waals surface area contributed by atoms with Gasteiger partial charge in [0.25, 0.3) is 0 Å². The SMILES string of the molecule is NC(=O)[C@@H]1CCCN1c1nc(Nc2cn(-c3cc(CO)c(CO)c(CO)c3)cn2)nn2cccc12. The van der Waals surface area contributed by atoms with Crippen LogP contribution in [0.15, 0.2) is 43.0 Å². The standard InChI is InChI=1S/C23H26N8O4/c24-21(35)18-3-1-5-30(18)22-19-4-2-6-31(19)28-23(27-22)26-20-9-29(13-25-20)16-7-14(10-32)17(12-34)15(8-16)11-33/h2,4,6-9,13,18,32-34H,1,3,5,10-12H2,(H2,24,35)(H,26,28)/t18-/m0/s1. The fourth-order valence-corrected chi connectivity index (χ4v) is 4.56. The molecule has 35 heavy (non-hydrogen) atoms. The number of hydrogen-bond donors (Lipinski definition) is 5. The molecule has 1 fully saturated rings. The zero-order chi connectivity index (χ0) is 24.5. The lowest BCUT2D eigenvalue weighted by Gasteiger charge is -2.24. The zero-order valence-corrected chi connectivity index (χ0v) is 18.9. The minimum absolute atomic E-state index is 0.271. The molecule has 1 aromatic carbocycles. The zero-order valence-electron chi connectivity index (χ0n) is 18.9. The second kappa shape index (κ2) is 9.33.